The van der Waals surface area contributed by atoms with Crippen molar-refractivity contribution in [3.63, 3.8) is 0 Å². The minimum Gasteiger partial charge on any atom is -0.398 e. The number of hydrogen-bond donors (Lipinski definition) is 1. The van der Waals surface area contributed by atoms with E-state index in [1.165, 1.54) is 0 Å². The van der Waals surface area contributed by atoms with Crippen molar-refractivity contribution in [2.45, 2.75) is 10.6 Å². The molecule has 2 N–H and O–H groups in total. The number of nitrogen functional groups attached to an aromatic ring is 1. The molecule has 0 bridgehead atoms. The first-order valence-corrected chi connectivity index (χ1v) is 8.14. The van der Waals surface area contributed by atoms with Crippen LogP contribution in [0.25, 0.3) is 0 Å². The topological polar surface area (TPSA) is 43.1 Å². The molecule has 94 valence electrons. The molecule has 0 saturated heterocycles. The molecule has 2 nitrogen and oxygen atoms in total. The van der Waals surface area contributed by atoms with Gasteiger partial charge >= 0.3 is 0 Å². The van der Waals surface area contributed by atoms with Gasteiger partial charge in [-0.05, 0) is 35.9 Å². The van der Waals surface area contributed by atoms with Crippen molar-refractivity contribution in [3.8, 4) is 0 Å². The van der Waals surface area contributed by atoms with Gasteiger partial charge in [0.25, 0.3) is 0 Å². The average Bonchev–Trinajstić information content (AvgIpc) is 2.32. The van der Waals surface area contributed by atoms with Crippen LogP contribution >= 0.6 is 31.9 Å². The van der Waals surface area contributed by atoms with E-state index in [1.807, 2.05) is 30.3 Å². The van der Waals surface area contributed by atoms with Crippen LogP contribution in [0.2, 0.25) is 0 Å². The van der Waals surface area contributed by atoms with Crippen molar-refractivity contribution in [3.05, 3.63) is 57.0 Å². The molecule has 0 heterocycles. The highest BCUT2D eigenvalue weighted by Crippen LogP contribution is 2.23. The van der Waals surface area contributed by atoms with E-state index < -0.39 is 10.8 Å². The largest absolute Gasteiger partial charge is 0.398 e. The number of anilines is 1. The monoisotopic (exact) mass is 387 g/mol. The molecule has 18 heavy (non-hydrogen) atoms. The van der Waals surface area contributed by atoms with Crippen LogP contribution in [0.5, 0.6) is 0 Å². The minimum absolute atomic E-state index is 0.471. The van der Waals surface area contributed by atoms with Crippen LogP contribution in [-0.4, -0.2) is 4.21 Å². The Morgan fingerprint density at radius 2 is 1.61 bits per heavy atom. The molecule has 0 fully saturated rings. The molecule has 1 atom stereocenters. The lowest BCUT2D eigenvalue weighted by molar-refractivity contribution is 0.683. The summed E-state index contributed by atoms with van der Waals surface area (Å²) in [6.07, 6.45) is 0. The standard InChI is InChI=1S/C13H11Br2NOS/c14-10-3-1-9(2-4-10)8-18(17)13-6-5-11(15)7-12(13)16/h1-7H,8,16H2. The molecular weight excluding hydrogens is 378 g/mol. The second-order valence-corrected chi connectivity index (χ2v) is 7.05. The number of hydrogen-bond acceptors (Lipinski definition) is 2. The van der Waals surface area contributed by atoms with Gasteiger partial charge in [-0.3, -0.25) is 4.21 Å². The van der Waals surface area contributed by atoms with Gasteiger partial charge in [-0.1, -0.05) is 44.0 Å². The number of halogens is 2. The van der Waals surface area contributed by atoms with Crippen LogP contribution in [0.15, 0.2) is 56.3 Å². The first kappa shape index (κ1) is 13.8. The fraction of sp³-hybridized carbons (Fsp3) is 0.0769. The van der Waals surface area contributed by atoms with Gasteiger partial charge in [-0.25, -0.2) is 0 Å². The van der Waals surface area contributed by atoms with Gasteiger partial charge in [-0.15, -0.1) is 0 Å². The summed E-state index contributed by atoms with van der Waals surface area (Å²) >= 11 is 6.71. The summed E-state index contributed by atoms with van der Waals surface area (Å²) in [5, 5.41) is 0. The summed E-state index contributed by atoms with van der Waals surface area (Å²) in [6.45, 7) is 0. The maximum absolute atomic E-state index is 12.2. The molecule has 0 saturated carbocycles. The quantitative estimate of drug-likeness (QED) is 0.804. The predicted molar refractivity (Wildman–Crippen MR) is 82.8 cm³/mol. The van der Waals surface area contributed by atoms with Gasteiger partial charge in [-0.2, -0.15) is 0 Å². The van der Waals surface area contributed by atoms with Crippen molar-refractivity contribution in [2.75, 3.05) is 5.73 Å². The van der Waals surface area contributed by atoms with E-state index in [0.29, 0.717) is 16.3 Å². The maximum Gasteiger partial charge on any atom is 0.0621 e. The van der Waals surface area contributed by atoms with Crippen LogP contribution in [0.1, 0.15) is 5.56 Å². The lowest BCUT2D eigenvalue weighted by Crippen LogP contribution is -2.00. The van der Waals surface area contributed by atoms with Crippen molar-refractivity contribution >= 4 is 48.3 Å². The second-order valence-electron chi connectivity index (χ2n) is 3.80. The van der Waals surface area contributed by atoms with Gasteiger partial charge in [0.15, 0.2) is 0 Å². The summed E-state index contributed by atoms with van der Waals surface area (Å²) < 4.78 is 14.1. The molecule has 0 aliphatic heterocycles. The van der Waals surface area contributed by atoms with Crippen molar-refractivity contribution in [1.29, 1.82) is 0 Å². The molecular formula is C13H11Br2NOS. The second kappa shape index (κ2) is 5.99. The third kappa shape index (κ3) is 3.43. The van der Waals surface area contributed by atoms with Gasteiger partial charge in [0.2, 0.25) is 0 Å². The van der Waals surface area contributed by atoms with E-state index in [-0.39, 0.29) is 0 Å². The van der Waals surface area contributed by atoms with E-state index in [2.05, 4.69) is 31.9 Å². The fourth-order valence-corrected chi connectivity index (χ4v) is 3.37. The Kier molecular flexibility index (Phi) is 4.59. The van der Waals surface area contributed by atoms with E-state index in [0.717, 1.165) is 14.5 Å². The zero-order chi connectivity index (χ0) is 13.1. The van der Waals surface area contributed by atoms with Gasteiger partial charge < -0.3 is 5.73 Å². The normalized spacial score (nSPS) is 12.3. The molecule has 5 heteroatoms. The maximum atomic E-state index is 12.2. The number of benzene rings is 2. The highest BCUT2D eigenvalue weighted by molar-refractivity contribution is 9.10. The molecule has 0 radical (unpaired) electrons. The lowest BCUT2D eigenvalue weighted by Gasteiger charge is -2.06. The minimum atomic E-state index is -1.12. The van der Waals surface area contributed by atoms with E-state index >= 15 is 0 Å². The van der Waals surface area contributed by atoms with Crippen LogP contribution in [0.3, 0.4) is 0 Å². The molecule has 2 rings (SSSR count). The van der Waals surface area contributed by atoms with Gasteiger partial charge in [0.1, 0.15) is 0 Å². The third-order valence-electron chi connectivity index (χ3n) is 2.43. The van der Waals surface area contributed by atoms with Crippen LogP contribution in [0, 0.1) is 0 Å². The van der Waals surface area contributed by atoms with Crippen molar-refractivity contribution < 1.29 is 4.21 Å². The summed E-state index contributed by atoms with van der Waals surface area (Å²) in [7, 11) is -1.12. The van der Waals surface area contributed by atoms with E-state index in [9.17, 15) is 4.21 Å². The molecule has 1 unspecified atom stereocenters. The molecule has 2 aromatic carbocycles. The molecule has 0 aliphatic rings. The van der Waals surface area contributed by atoms with E-state index in [4.69, 9.17) is 5.73 Å². The van der Waals surface area contributed by atoms with Gasteiger partial charge in [0.05, 0.1) is 21.4 Å². The Labute approximate surface area is 125 Å². The first-order chi connectivity index (χ1) is 8.56. The summed E-state index contributed by atoms with van der Waals surface area (Å²) in [6, 6.07) is 13.2. The molecule has 0 aliphatic carbocycles. The van der Waals surface area contributed by atoms with Crippen molar-refractivity contribution in [1.82, 2.24) is 0 Å². The Bertz CT molecular complexity index is 584. The lowest BCUT2D eigenvalue weighted by atomic mass is 10.2. The SMILES string of the molecule is Nc1cc(Br)ccc1S(=O)Cc1ccc(Br)cc1. The molecule has 0 spiro atoms. The summed E-state index contributed by atoms with van der Waals surface area (Å²) in [5.41, 5.74) is 7.45. The Morgan fingerprint density at radius 1 is 1.00 bits per heavy atom. The fourth-order valence-electron chi connectivity index (χ4n) is 1.54. The molecule has 0 aromatic heterocycles. The average molecular weight is 389 g/mol. The third-order valence-corrected chi connectivity index (χ3v) is 4.91. The number of nitrogens with two attached hydrogens (primary N) is 1. The molecule has 2 aromatic rings. The zero-order valence-corrected chi connectivity index (χ0v) is 13.4. The van der Waals surface area contributed by atoms with Crippen LogP contribution in [0.4, 0.5) is 5.69 Å². The predicted octanol–water partition coefficient (Wildman–Crippen LogP) is 4.10. The van der Waals surface area contributed by atoms with Gasteiger partial charge in [0, 0.05) is 14.6 Å². The van der Waals surface area contributed by atoms with E-state index in [1.54, 1.807) is 12.1 Å². The first-order valence-electron chi connectivity index (χ1n) is 5.24. The zero-order valence-electron chi connectivity index (χ0n) is 9.40. The van der Waals surface area contributed by atoms with Crippen LogP contribution < -0.4 is 5.73 Å². The Morgan fingerprint density at radius 3 is 2.22 bits per heavy atom. The van der Waals surface area contributed by atoms with Crippen molar-refractivity contribution in [2.24, 2.45) is 0 Å². The Hall–Kier alpha value is -0.650. The number of rotatable bonds is 3. The Balaban J connectivity index is 2.19. The molecule has 0 amide bonds. The summed E-state index contributed by atoms with van der Waals surface area (Å²) in [4.78, 5) is 0.682. The summed E-state index contributed by atoms with van der Waals surface area (Å²) in [5.74, 6) is 0.471. The smallest absolute Gasteiger partial charge is 0.0621 e. The van der Waals surface area contributed by atoms with Crippen LogP contribution in [-0.2, 0) is 16.6 Å². The highest BCUT2D eigenvalue weighted by Gasteiger charge is 2.09. The highest BCUT2D eigenvalue weighted by atomic mass is 79.9.